The summed E-state index contributed by atoms with van der Waals surface area (Å²) in [6.45, 7) is 2.39. The third-order valence-electron chi connectivity index (χ3n) is 2.13. The molecule has 0 aromatic heterocycles. The molecule has 0 saturated heterocycles. The Morgan fingerprint density at radius 1 is 1.62 bits per heavy atom. The number of hydrogen-bond acceptors (Lipinski definition) is 3. The maximum absolute atomic E-state index is 11.7. The first-order chi connectivity index (χ1) is 7.54. The van der Waals surface area contributed by atoms with Crippen LogP contribution >= 0.6 is 28.6 Å². The number of aliphatic hydroxyl groups excluding tert-OH is 1. The van der Waals surface area contributed by atoms with E-state index in [1.807, 2.05) is 6.92 Å². The van der Waals surface area contributed by atoms with E-state index in [0.29, 0.717) is 17.0 Å². The van der Waals surface area contributed by atoms with Gasteiger partial charge < -0.3 is 10.4 Å². The number of thiol groups is 1. The molecular weight excluding hydrogens is 290 g/mol. The molecule has 0 spiro atoms. The molecule has 0 fully saturated rings. The second kappa shape index (κ2) is 6.27. The average molecular weight is 304 g/mol. The molecule has 0 aliphatic heterocycles. The zero-order valence-corrected chi connectivity index (χ0v) is 11.4. The Hall–Kier alpha value is -0.520. The van der Waals surface area contributed by atoms with E-state index in [2.05, 4.69) is 33.9 Å². The SMILES string of the molecule is CC(CO)CNC(=O)c1ccc(Br)cc1S. The fourth-order valence-electron chi connectivity index (χ4n) is 1.12. The highest BCUT2D eigenvalue weighted by Crippen LogP contribution is 2.19. The topological polar surface area (TPSA) is 49.3 Å². The van der Waals surface area contributed by atoms with Gasteiger partial charge in [-0.15, -0.1) is 12.6 Å². The van der Waals surface area contributed by atoms with E-state index in [1.165, 1.54) is 0 Å². The van der Waals surface area contributed by atoms with Crippen molar-refractivity contribution in [2.24, 2.45) is 5.92 Å². The summed E-state index contributed by atoms with van der Waals surface area (Å²) in [5, 5.41) is 11.6. The summed E-state index contributed by atoms with van der Waals surface area (Å²) in [7, 11) is 0. The van der Waals surface area contributed by atoms with Crippen LogP contribution in [0.3, 0.4) is 0 Å². The van der Waals surface area contributed by atoms with Gasteiger partial charge in [-0.25, -0.2) is 0 Å². The molecule has 0 saturated carbocycles. The highest BCUT2D eigenvalue weighted by molar-refractivity contribution is 9.10. The van der Waals surface area contributed by atoms with Crippen LogP contribution < -0.4 is 5.32 Å². The van der Waals surface area contributed by atoms with Crippen molar-refractivity contribution in [1.82, 2.24) is 5.32 Å². The summed E-state index contributed by atoms with van der Waals surface area (Å²) >= 11 is 7.54. The first kappa shape index (κ1) is 13.5. The molecule has 0 aliphatic carbocycles. The largest absolute Gasteiger partial charge is 0.396 e. The van der Waals surface area contributed by atoms with Crippen LogP contribution in [0, 0.1) is 5.92 Å². The third kappa shape index (κ3) is 3.81. The molecule has 1 atom stereocenters. The van der Waals surface area contributed by atoms with Crippen LogP contribution in [0.15, 0.2) is 27.6 Å². The normalized spacial score (nSPS) is 12.2. The van der Waals surface area contributed by atoms with Crippen LogP contribution in [-0.4, -0.2) is 24.2 Å². The lowest BCUT2D eigenvalue weighted by Crippen LogP contribution is -2.29. The molecule has 0 radical (unpaired) electrons. The van der Waals surface area contributed by atoms with Crippen LogP contribution in [0.4, 0.5) is 0 Å². The monoisotopic (exact) mass is 303 g/mol. The molecular formula is C11H14BrNO2S. The molecule has 16 heavy (non-hydrogen) atoms. The van der Waals surface area contributed by atoms with Crippen LogP contribution in [0.5, 0.6) is 0 Å². The van der Waals surface area contributed by atoms with Gasteiger partial charge in [-0.05, 0) is 24.1 Å². The minimum atomic E-state index is -0.169. The van der Waals surface area contributed by atoms with Gasteiger partial charge in [0.2, 0.25) is 0 Å². The first-order valence-electron chi connectivity index (χ1n) is 4.92. The maximum atomic E-state index is 11.7. The number of benzene rings is 1. The number of amides is 1. The van der Waals surface area contributed by atoms with Gasteiger partial charge in [0.05, 0.1) is 5.56 Å². The van der Waals surface area contributed by atoms with Crippen molar-refractivity contribution in [3.63, 3.8) is 0 Å². The number of aliphatic hydroxyl groups is 1. The van der Waals surface area contributed by atoms with E-state index in [-0.39, 0.29) is 18.4 Å². The Bertz CT molecular complexity index is 384. The molecule has 3 nitrogen and oxygen atoms in total. The van der Waals surface area contributed by atoms with Crippen molar-refractivity contribution < 1.29 is 9.90 Å². The number of hydrogen-bond donors (Lipinski definition) is 3. The number of carbonyl (C=O) groups excluding carboxylic acids is 1. The maximum Gasteiger partial charge on any atom is 0.252 e. The highest BCUT2D eigenvalue weighted by Gasteiger charge is 2.10. The van der Waals surface area contributed by atoms with Crippen molar-refractivity contribution in [3.05, 3.63) is 28.2 Å². The lowest BCUT2D eigenvalue weighted by Gasteiger charge is -2.10. The van der Waals surface area contributed by atoms with Gasteiger partial charge in [0.15, 0.2) is 0 Å². The van der Waals surface area contributed by atoms with Gasteiger partial charge in [-0.2, -0.15) is 0 Å². The highest BCUT2D eigenvalue weighted by atomic mass is 79.9. The fourth-order valence-corrected chi connectivity index (χ4v) is 1.98. The van der Waals surface area contributed by atoms with Gasteiger partial charge >= 0.3 is 0 Å². The summed E-state index contributed by atoms with van der Waals surface area (Å²) in [6.07, 6.45) is 0. The fraction of sp³-hybridized carbons (Fsp3) is 0.364. The number of carbonyl (C=O) groups is 1. The average Bonchev–Trinajstić information content (AvgIpc) is 2.25. The molecule has 1 aromatic carbocycles. The standard InChI is InChI=1S/C11H14BrNO2S/c1-7(6-14)5-13-11(15)9-3-2-8(12)4-10(9)16/h2-4,7,14,16H,5-6H2,1H3,(H,13,15). The Labute approximate surface area is 109 Å². The number of rotatable bonds is 4. The van der Waals surface area contributed by atoms with Gasteiger partial charge in [-0.3, -0.25) is 4.79 Å². The molecule has 0 heterocycles. The number of halogens is 1. The number of nitrogens with one attached hydrogen (secondary N) is 1. The van der Waals surface area contributed by atoms with Crippen molar-refractivity contribution in [2.75, 3.05) is 13.2 Å². The first-order valence-corrected chi connectivity index (χ1v) is 6.16. The Kier molecular flexibility index (Phi) is 5.31. The van der Waals surface area contributed by atoms with E-state index in [4.69, 9.17) is 5.11 Å². The van der Waals surface area contributed by atoms with E-state index in [1.54, 1.807) is 18.2 Å². The predicted octanol–water partition coefficient (Wildman–Crippen LogP) is 2.10. The predicted molar refractivity (Wildman–Crippen MR) is 70.0 cm³/mol. The molecule has 0 bridgehead atoms. The second-order valence-corrected chi connectivity index (χ2v) is 5.06. The van der Waals surface area contributed by atoms with E-state index in [9.17, 15) is 4.79 Å². The van der Waals surface area contributed by atoms with E-state index in [0.717, 1.165) is 4.47 Å². The molecule has 2 N–H and O–H groups in total. The minimum Gasteiger partial charge on any atom is -0.396 e. The van der Waals surface area contributed by atoms with Gasteiger partial charge in [0.25, 0.3) is 5.91 Å². The second-order valence-electron chi connectivity index (χ2n) is 3.66. The van der Waals surface area contributed by atoms with Crippen molar-refractivity contribution >= 4 is 34.5 Å². The summed E-state index contributed by atoms with van der Waals surface area (Å²) in [4.78, 5) is 12.4. The summed E-state index contributed by atoms with van der Waals surface area (Å²) in [6, 6.07) is 5.28. The van der Waals surface area contributed by atoms with E-state index < -0.39 is 0 Å². The summed E-state index contributed by atoms with van der Waals surface area (Å²) < 4.78 is 0.887. The Morgan fingerprint density at radius 3 is 2.88 bits per heavy atom. The third-order valence-corrected chi connectivity index (χ3v) is 2.99. The lowest BCUT2D eigenvalue weighted by molar-refractivity contribution is 0.0939. The quantitative estimate of drug-likeness (QED) is 0.746. The molecule has 1 aromatic rings. The lowest BCUT2D eigenvalue weighted by atomic mass is 10.1. The van der Waals surface area contributed by atoms with Crippen LogP contribution in [-0.2, 0) is 0 Å². The van der Waals surface area contributed by atoms with Crippen molar-refractivity contribution in [2.45, 2.75) is 11.8 Å². The molecule has 5 heteroatoms. The molecule has 88 valence electrons. The van der Waals surface area contributed by atoms with Crippen LogP contribution in [0.2, 0.25) is 0 Å². The van der Waals surface area contributed by atoms with Crippen molar-refractivity contribution in [1.29, 1.82) is 0 Å². The Morgan fingerprint density at radius 2 is 2.31 bits per heavy atom. The van der Waals surface area contributed by atoms with Gasteiger partial charge in [0.1, 0.15) is 0 Å². The Balaban J connectivity index is 2.66. The van der Waals surface area contributed by atoms with Crippen molar-refractivity contribution in [3.8, 4) is 0 Å². The molecule has 0 aliphatic rings. The van der Waals surface area contributed by atoms with Gasteiger partial charge in [-0.1, -0.05) is 22.9 Å². The minimum absolute atomic E-state index is 0.0581. The molecule has 1 rings (SSSR count). The van der Waals surface area contributed by atoms with Crippen LogP contribution in [0.25, 0.3) is 0 Å². The summed E-state index contributed by atoms with van der Waals surface area (Å²) in [5.74, 6) is -0.111. The smallest absolute Gasteiger partial charge is 0.252 e. The zero-order chi connectivity index (χ0) is 12.1. The molecule has 1 unspecified atom stereocenters. The van der Waals surface area contributed by atoms with Crippen LogP contribution in [0.1, 0.15) is 17.3 Å². The zero-order valence-electron chi connectivity index (χ0n) is 8.90. The molecule has 1 amide bonds. The van der Waals surface area contributed by atoms with Gasteiger partial charge in [0, 0.05) is 22.5 Å². The van der Waals surface area contributed by atoms with E-state index >= 15 is 0 Å². The summed E-state index contributed by atoms with van der Waals surface area (Å²) in [5.41, 5.74) is 0.539.